The smallest absolute Gasteiger partial charge is 0.333 e. The second-order valence-corrected chi connectivity index (χ2v) is 7.04. The van der Waals surface area contributed by atoms with Gasteiger partial charge in [-0.25, -0.2) is 4.79 Å². The molecule has 0 saturated heterocycles. The fourth-order valence-corrected chi connectivity index (χ4v) is 4.29. The largest absolute Gasteiger partial charge is 0.467 e. The van der Waals surface area contributed by atoms with Gasteiger partial charge in [0.25, 0.3) is 5.91 Å². The molecule has 2 heterocycles. The minimum absolute atomic E-state index is 0.141. The molecule has 1 unspecified atom stereocenters. The van der Waals surface area contributed by atoms with Gasteiger partial charge in [0, 0.05) is 17.0 Å². The second kappa shape index (κ2) is 6.33. The van der Waals surface area contributed by atoms with Gasteiger partial charge in [-0.05, 0) is 46.3 Å². The van der Waals surface area contributed by atoms with Gasteiger partial charge in [-0.2, -0.15) is 0 Å². The number of carbonyl (C=O) groups is 2. The van der Waals surface area contributed by atoms with E-state index in [0.29, 0.717) is 12.1 Å². The number of carbonyl (C=O) groups excluding carboxylic acids is 2. The Hall–Kier alpha value is -2.66. The van der Waals surface area contributed by atoms with Crippen LogP contribution in [0.2, 0.25) is 0 Å². The molecule has 0 spiro atoms. The molecule has 25 heavy (non-hydrogen) atoms. The van der Waals surface area contributed by atoms with Gasteiger partial charge >= 0.3 is 5.97 Å². The summed E-state index contributed by atoms with van der Waals surface area (Å²) >= 11 is 1.62. The van der Waals surface area contributed by atoms with E-state index in [1.54, 1.807) is 16.2 Å². The highest BCUT2D eigenvalue weighted by molar-refractivity contribution is 7.10. The lowest BCUT2D eigenvalue weighted by Gasteiger charge is -2.34. The van der Waals surface area contributed by atoms with Crippen molar-refractivity contribution in [3.63, 3.8) is 0 Å². The van der Waals surface area contributed by atoms with Crippen LogP contribution in [-0.4, -0.2) is 30.4 Å². The van der Waals surface area contributed by atoms with Crippen LogP contribution in [0.5, 0.6) is 0 Å². The van der Waals surface area contributed by atoms with Crippen molar-refractivity contribution in [3.8, 4) is 0 Å². The maximum Gasteiger partial charge on any atom is 0.333 e. The molecular formula is C20H17NO3S. The zero-order valence-corrected chi connectivity index (χ0v) is 14.6. The van der Waals surface area contributed by atoms with Gasteiger partial charge < -0.3 is 9.64 Å². The van der Waals surface area contributed by atoms with Crippen LogP contribution in [0.4, 0.5) is 0 Å². The number of nitrogens with zero attached hydrogens (tertiary/aromatic N) is 1. The van der Waals surface area contributed by atoms with Crippen molar-refractivity contribution < 1.29 is 14.3 Å². The van der Waals surface area contributed by atoms with Crippen molar-refractivity contribution in [1.82, 2.24) is 4.90 Å². The second-order valence-electron chi connectivity index (χ2n) is 6.04. The van der Waals surface area contributed by atoms with Gasteiger partial charge in [0.05, 0.1) is 7.11 Å². The minimum atomic E-state index is -0.668. The van der Waals surface area contributed by atoms with Crippen LogP contribution in [0.3, 0.4) is 0 Å². The fraction of sp³-hybridized carbons (Fsp3) is 0.200. The van der Waals surface area contributed by atoms with E-state index in [9.17, 15) is 9.59 Å². The van der Waals surface area contributed by atoms with E-state index in [-0.39, 0.29) is 5.91 Å². The third kappa shape index (κ3) is 2.70. The lowest BCUT2D eigenvalue weighted by atomic mass is 9.98. The summed E-state index contributed by atoms with van der Waals surface area (Å²) in [6.07, 6.45) is 0.764. The topological polar surface area (TPSA) is 46.6 Å². The van der Waals surface area contributed by atoms with Gasteiger partial charge in [-0.3, -0.25) is 4.79 Å². The van der Waals surface area contributed by atoms with Crippen LogP contribution in [0.1, 0.15) is 26.8 Å². The van der Waals surface area contributed by atoms with E-state index in [4.69, 9.17) is 4.74 Å². The standard InChI is InChI=1S/C20H17NO3S/c1-24-20(23)18-16-9-11-25-17(16)8-10-21(18)19(22)15-7-6-13-4-2-3-5-14(13)12-15/h2-7,9,11-12,18H,8,10H2,1H3. The molecule has 4 nitrogen and oxygen atoms in total. The Kier molecular flexibility index (Phi) is 4.01. The van der Waals surface area contributed by atoms with E-state index in [1.165, 1.54) is 7.11 Å². The first kappa shape index (κ1) is 15.8. The first-order chi connectivity index (χ1) is 12.2. The van der Waals surface area contributed by atoms with Crippen LogP contribution in [0.15, 0.2) is 53.9 Å². The third-order valence-electron chi connectivity index (χ3n) is 4.65. The molecular weight excluding hydrogens is 334 g/mol. The maximum atomic E-state index is 13.1. The molecule has 1 atom stereocenters. The molecule has 2 aromatic carbocycles. The van der Waals surface area contributed by atoms with Crippen LogP contribution < -0.4 is 0 Å². The Morgan fingerprint density at radius 1 is 1.12 bits per heavy atom. The summed E-state index contributed by atoms with van der Waals surface area (Å²) in [5.41, 5.74) is 1.48. The summed E-state index contributed by atoms with van der Waals surface area (Å²) < 4.78 is 4.97. The number of fused-ring (bicyclic) bond motifs is 2. The summed E-state index contributed by atoms with van der Waals surface area (Å²) in [6, 6.07) is 14.8. The van der Waals surface area contributed by atoms with Crippen molar-refractivity contribution in [2.45, 2.75) is 12.5 Å². The zero-order valence-electron chi connectivity index (χ0n) is 13.8. The third-order valence-corrected chi connectivity index (χ3v) is 5.64. The lowest BCUT2D eigenvalue weighted by molar-refractivity contribution is -0.146. The van der Waals surface area contributed by atoms with E-state index in [1.807, 2.05) is 53.9 Å². The quantitative estimate of drug-likeness (QED) is 0.660. The number of methoxy groups -OCH3 is 1. The summed E-state index contributed by atoms with van der Waals surface area (Å²) in [5, 5.41) is 4.06. The van der Waals surface area contributed by atoms with Crippen molar-refractivity contribution in [2.24, 2.45) is 0 Å². The number of hydrogen-bond donors (Lipinski definition) is 0. The van der Waals surface area contributed by atoms with Gasteiger partial charge in [0.2, 0.25) is 0 Å². The molecule has 0 saturated carbocycles. The Labute approximate surface area is 149 Å². The van der Waals surface area contributed by atoms with Crippen LogP contribution >= 0.6 is 11.3 Å². The first-order valence-corrected chi connectivity index (χ1v) is 9.01. The average Bonchev–Trinajstić information content (AvgIpc) is 3.14. The van der Waals surface area contributed by atoms with Crippen molar-refractivity contribution in [3.05, 3.63) is 69.9 Å². The Morgan fingerprint density at radius 2 is 1.92 bits per heavy atom. The predicted molar refractivity (Wildman–Crippen MR) is 97.8 cm³/mol. The molecule has 0 radical (unpaired) electrons. The van der Waals surface area contributed by atoms with Crippen LogP contribution in [0.25, 0.3) is 10.8 Å². The van der Waals surface area contributed by atoms with Crippen molar-refractivity contribution in [1.29, 1.82) is 0 Å². The van der Waals surface area contributed by atoms with Gasteiger partial charge in [0.1, 0.15) is 0 Å². The number of thiophene rings is 1. The monoisotopic (exact) mass is 351 g/mol. The summed E-state index contributed by atoms with van der Waals surface area (Å²) in [5.74, 6) is -0.536. The lowest BCUT2D eigenvalue weighted by Crippen LogP contribution is -2.43. The summed E-state index contributed by atoms with van der Waals surface area (Å²) in [4.78, 5) is 28.3. The highest BCUT2D eigenvalue weighted by atomic mass is 32.1. The number of rotatable bonds is 2. The van der Waals surface area contributed by atoms with Crippen molar-refractivity contribution in [2.75, 3.05) is 13.7 Å². The van der Waals surface area contributed by atoms with Gasteiger partial charge in [0.15, 0.2) is 6.04 Å². The van der Waals surface area contributed by atoms with Crippen LogP contribution in [-0.2, 0) is 16.0 Å². The van der Waals surface area contributed by atoms with Gasteiger partial charge in [-0.15, -0.1) is 11.3 Å². The fourth-order valence-electron chi connectivity index (χ4n) is 3.39. The maximum absolute atomic E-state index is 13.1. The molecule has 1 aliphatic heterocycles. The Morgan fingerprint density at radius 3 is 2.72 bits per heavy atom. The number of benzene rings is 2. The molecule has 3 aromatic rings. The summed E-state index contributed by atoms with van der Waals surface area (Å²) in [7, 11) is 1.36. The molecule has 1 aromatic heterocycles. The summed E-state index contributed by atoms with van der Waals surface area (Å²) in [6.45, 7) is 0.513. The molecule has 1 aliphatic rings. The van der Waals surface area contributed by atoms with E-state index >= 15 is 0 Å². The molecule has 0 N–H and O–H groups in total. The molecule has 0 aliphatic carbocycles. The number of esters is 1. The SMILES string of the molecule is COC(=O)C1c2ccsc2CCN1C(=O)c1ccc2ccccc2c1. The van der Waals surface area contributed by atoms with Crippen molar-refractivity contribution >= 4 is 34.0 Å². The molecule has 0 fully saturated rings. The highest BCUT2D eigenvalue weighted by Crippen LogP contribution is 2.35. The highest BCUT2D eigenvalue weighted by Gasteiger charge is 2.37. The Bertz CT molecular complexity index is 962. The average molecular weight is 351 g/mol. The Balaban J connectivity index is 1.73. The number of amides is 1. The molecule has 1 amide bonds. The normalized spacial score (nSPS) is 16.5. The number of ether oxygens (including phenoxy) is 1. The van der Waals surface area contributed by atoms with E-state index in [0.717, 1.165) is 27.6 Å². The number of hydrogen-bond acceptors (Lipinski definition) is 4. The van der Waals surface area contributed by atoms with E-state index < -0.39 is 12.0 Å². The molecule has 4 rings (SSSR count). The molecule has 0 bridgehead atoms. The van der Waals surface area contributed by atoms with E-state index in [2.05, 4.69) is 0 Å². The molecule has 126 valence electrons. The van der Waals surface area contributed by atoms with Gasteiger partial charge in [-0.1, -0.05) is 30.3 Å². The predicted octanol–water partition coefficient (Wildman–Crippen LogP) is 3.81. The zero-order chi connectivity index (χ0) is 17.4. The molecule has 5 heteroatoms. The van der Waals surface area contributed by atoms with Crippen LogP contribution in [0, 0.1) is 0 Å². The first-order valence-electron chi connectivity index (χ1n) is 8.13. The minimum Gasteiger partial charge on any atom is -0.467 e.